The standard InChI is InChI=1S/C26H26F2N2O3/c1-16(18-3-7-20(27)8-4-18)13-25(31)23-14-22(24-15-33-12-11-30(23)24)26(32)29-17(2)19-5-9-21(28)10-6-19/h3-10,14,16-17H,11-13,15H2,1-2H3,(H,29,32)/t16-,17+/m0/s1. The Hall–Kier alpha value is -3.32. The molecule has 172 valence electrons. The van der Waals surface area contributed by atoms with E-state index in [1.165, 1.54) is 24.3 Å². The molecule has 1 amide bonds. The van der Waals surface area contributed by atoms with Gasteiger partial charge in [0.15, 0.2) is 5.78 Å². The van der Waals surface area contributed by atoms with Gasteiger partial charge in [-0.25, -0.2) is 8.78 Å². The van der Waals surface area contributed by atoms with Crippen LogP contribution < -0.4 is 5.32 Å². The van der Waals surface area contributed by atoms with Crippen LogP contribution in [-0.2, 0) is 17.9 Å². The molecule has 0 fully saturated rings. The van der Waals surface area contributed by atoms with Gasteiger partial charge in [0.25, 0.3) is 5.91 Å². The number of carbonyl (C=O) groups is 2. The molecule has 0 saturated carbocycles. The van der Waals surface area contributed by atoms with Crippen molar-refractivity contribution in [2.24, 2.45) is 0 Å². The van der Waals surface area contributed by atoms with Crippen LogP contribution in [0, 0.1) is 11.6 Å². The second-order valence-corrected chi connectivity index (χ2v) is 8.42. The van der Waals surface area contributed by atoms with Crippen LogP contribution in [0.5, 0.6) is 0 Å². The number of aromatic nitrogens is 1. The van der Waals surface area contributed by atoms with Crippen LogP contribution in [0.25, 0.3) is 0 Å². The van der Waals surface area contributed by atoms with Crippen molar-refractivity contribution in [3.8, 4) is 0 Å². The van der Waals surface area contributed by atoms with Crippen molar-refractivity contribution in [2.75, 3.05) is 6.61 Å². The molecule has 0 radical (unpaired) electrons. The molecule has 0 spiro atoms. The highest BCUT2D eigenvalue weighted by Crippen LogP contribution is 2.27. The number of amides is 1. The predicted octanol–water partition coefficient (Wildman–Crippen LogP) is 5.16. The van der Waals surface area contributed by atoms with Gasteiger partial charge in [0.2, 0.25) is 0 Å². The number of fused-ring (bicyclic) bond motifs is 1. The number of hydrogen-bond acceptors (Lipinski definition) is 3. The zero-order chi connectivity index (χ0) is 23.5. The lowest BCUT2D eigenvalue weighted by atomic mass is 9.94. The summed E-state index contributed by atoms with van der Waals surface area (Å²) in [5.74, 6) is -1.15. The number of nitrogens with zero attached hydrogens (tertiary/aromatic N) is 1. The third kappa shape index (κ3) is 5.03. The summed E-state index contributed by atoms with van der Waals surface area (Å²) in [4.78, 5) is 26.3. The van der Waals surface area contributed by atoms with Gasteiger partial charge in [0.05, 0.1) is 36.2 Å². The zero-order valence-electron chi connectivity index (χ0n) is 18.6. The Bertz CT molecular complexity index is 1060. The number of rotatable bonds is 7. The molecule has 3 aromatic rings. The summed E-state index contributed by atoms with van der Waals surface area (Å²) < 4.78 is 33.8. The number of ketones is 1. The molecule has 1 aliphatic heterocycles. The Morgan fingerprint density at radius 1 is 1.00 bits per heavy atom. The van der Waals surface area contributed by atoms with Gasteiger partial charge in [-0.05, 0) is 54.3 Å². The van der Waals surface area contributed by atoms with Crippen molar-refractivity contribution in [1.29, 1.82) is 0 Å². The van der Waals surface area contributed by atoms with E-state index in [-0.39, 0.29) is 48.3 Å². The van der Waals surface area contributed by atoms with Gasteiger partial charge in [0, 0.05) is 13.0 Å². The Labute approximate surface area is 191 Å². The Morgan fingerprint density at radius 2 is 1.61 bits per heavy atom. The molecule has 0 aliphatic carbocycles. The van der Waals surface area contributed by atoms with Crippen molar-refractivity contribution in [3.63, 3.8) is 0 Å². The van der Waals surface area contributed by atoms with E-state index in [0.29, 0.717) is 30.1 Å². The molecule has 0 unspecified atom stereocenters. The monoisotopic (exact) mass is 452 g/mol. The third-order valence-corrected chi connectivity index (χ3v) is 6.09. The van der Waals surface area contributed by atoms with Gasteiger partial charge in [-0.2, -0.15) is 0 Å². The van der Waals surface area contributed by atoms with Crippen molar-refractivity contribution >= 4 is 11.7 Å². The summed E-state index contributed by atoms with van der Waals surface area (Å²) in [5.41, 5.74) is 3.20. The largest absolute Gasteiger partial charge is 0.373 e. The van der Waals surface area contributed by atoms with Gasteiger partial charge >= 0.3 is 0 Å². The number of benzene rings is 2. The Morgan fingerprint density at radius 3 is 2.24 bits per heavy atom. The molecule has 7 heteroatoms. The quantitative estimate of drug-likeness (QED) is 0.504. The summed E-state index contributed by atoms with van der Waals surface area (Å²) in [6.07, 6.45) is 0.239. The number of Topliss-reactive ketones (excluding diaryl/α,β-unsaturated/α-hetero) is 1. The van der Waals surface area contributed by atoms with Gasteiger partial charge in [-0.15, -0.1) is 0 Å². The van der Waals surface area contributed by atoms with Gasteiger partial charge in [-0.3, -0.25) is 9.59 Å². The highest BCUT2D eigenvalue weighted by Gasteiger charge is 2.27. The van der Waals surface area contributed by atoms with Gasteiger partial charge in [-0.1, -0.05) is 31.2 Å². The van der Waals surface area contributed by atoms with Crippen molar-refractivity contribution in [3.05, 3.63) is 94.3 Å². The van der Waals surface area contributed by atoms with Crippen LogP contribution in [0.2, 0.25) is 0 Å². The van der Waals surface area contributed by atoms with Crippen LogP contribution in [-0.4, -0.2) is 22.9 Å². The minimum atomic E-state index is -0.339. The predicted molar refractivity (Wildman–Crippen MR) is 120 cm³/mol. The van der Waals surface area contributed by atoms with Crippen LogP contribution in [0.3, 0.4) is 0 Å². The molecule has 2 atom stereocenters. The average Bonchev–Trinajstić information content (AvgIpc) is 3.20. The minimum absolute atomic E-state index is 0.0828. The van der Waals surface area contributed by atoms with Gasteiger partial charge in [0.1, 0.15) is 11.6 Å². The molecular weight excluding hydrogens is 426 g/mol. The number of nitrogens with one attached hydrogen (secondary N) is 1. The molecule has 1 N–H and O–H groups in total. The summed E-state index contributed by atoms with van der Waals surface area (Å²) in [5, 5.41) is 2.93. The second-order valence-electron chi connectivity index (χ2n) is 8.42. The van der Waals surface area contributed by atoms with E-state index in [9.17, 15) is 18.4 Å². The van der Waals surface area contributed by atoms with E-state index in [1.54, 1.807) is 30.3 Å². The van der Waals surface area contributed by atoms with Crippen molar-refractivity contribution in [1.82, 2.24) is 9.88 Å². The first kappa shape index (κ1) is 22.9. The zero-order valence-corrected chi connectivity index (χ0v) is 18.6. The molecule has 1 aliphatic rings. The highest BCUT2D eigenvalue weighted by molar-refractivity contribution is 6.01. The molecular formula is C26H26F2N2O3. The average molecular weight is 453 g/mol. The molecule has 2 aromatic carbocycles. The maximum Gasteiger partial charge on any atom is 0.253 e. The SMILES string of the molecule is C[C@@H](CC(=O)c1cc(C(=O)N[C@H](C)c2ccc(F)cc2)c2n1CCOC2)c1ccc(F)cc1. The first-order valence-corrected chi connectivity index (χ1v) is 11.0. The Balaban J connectivity index is 1.54. The lowest BCUT2D eigenvalue weighted by molar-refractivity contribution is 0.0781. The number of halogens is 2. The van der Waals surface area contributed by atoms with Crippen molar-refractivity contribution in [2.45, 2.75) is 45.4 Å². The first-order valence-electron chi connectivity index (χ1n) is 11.0. The third-order valence-electron chi connectivity index (χ3n) is 6.09. The highest BCUT2D eigenvalue weighted by atomic mass is 19.1. The van der Waals surface area contributed by atoms with Crippen LogP contribution in [0.15, 0.2) is 54.6 Å². The molecule has 2 heterocycles. The van der Waals surface area contributed by atoms with E-state index in [0.717, 1.165) is 11.1 Å². The summed E-state index contributed by atoms with van der Waals surface area (Å²) >= 11 is 0. The summed E-state index contributed by atoms with van der Waals surface area (Å²) in [6.45, 7) is 4.94. The van der Waals surface area contributed by atoms with E-state index in [1.807, 2.05) is 18.4 Å². The Kier molecular flexibility index (Phi) is 6.70. The number of carbonyl (C=O) groups excluding carboxylic acids is 2. The van der Waals surface area contributed by atoms with E-state index >= 15 is 0 Å². The summed E-state index contributed by atoms with van der Waals surface area (Å²) in [7, 11) is 0. The van der Waals surface area contributed by atoms with Crippen LogP contribution >= 0.6 is 0 Å². The minimum Gasteiger partial charge on any atom is -0.373 e. The van der Waals surface area contributed by atoms with E-state index < -0.39 is 0 Å². The van der Waals surface area contributed by atoms with Gasteiger partial charge < -0.3 is 14.6 Å². The number of ether oxygens (including phenoxy) is 1. The first-order chi connectivity index (χ1) is 15.8. The molecule has 33 heavy (non-hydrogen) atoms. The topological polar surface area (TPSA) is 60.3 Å². The lowest BCUT2D eigenvalue weighted by Crippen LogP contribution is -2.28. The molecule has 4 rings (SSSR count). The normalized spacial score (nSPS) is 14.9. The number of hydrogen-bond donors (Lipinski definition) is 1. The van der Waals surface area contributed by atoms with E-state index in [4.69, 9.17) is 4.74 Å². The fourth-order valence-electron chi connectivity index (χ4n) is 4.15. The second kappa shape index (κ2) is 9.67. The molecule has 0 bridgehead atoms. The van der Waals surface area contributed by atoms with Crippen LogP contribution in [0.1, 0.15) is 69.9 Å². The molecule has 0 saturated heterocycles. The smallest absolute Gasteiger partial charge is 0.253 e. The molecule has 1 aromatic heterocycles. The summed E-state index contributed by atoms with van der Waals surface area (Å²) in [6, 6.07) is 13.4. The fraction of sp³-hybridized carbons (Fsp3) is 0.308. The maximum atomic E-state index is 13.2. The lowest BCUT2D eigenvalue weighted by Gasteiger charge is -2.20. The van der Waals surface area contributed by atoms with Crippen LogP contribution in [0.4, 0.5) is 8.78 Å². The fourth-order valence-corrected chi connectivity index (χ4v) is 4.15. The molecule has 5 nitrogen and oxygen atoms in total. The van der Waals surface area contributed by atoms with E-state index in [2.05, 4.69) is 5.32 Å². The van der Waals surface area contributed by atoms with Crippen molar-refractivity contribution < 1.29 is 23.1 Å². The maximum absolute atomic E-state index is 13.2.